The standard InChI is InChI=1S/C12H16ClNO2.ClH/c1-3-4-5-9(14)11-10(16-2)7-6-8(13)12(11)15;/h3,6-7,9,15H,1,4-5,14H2,2H3;1H/t9-;/m0./s1. The summed E-state index contributed by atoms with van der Waals surface area (Å²) in [7, 11) is 1.53. The smallest absolute Gasteiger partial charge is 0.142 e. The third kappa shape index (κ3) is 3.80. The Labute approximate surface area is 113 Å². The number of allylic oxidation sites excluding steroid dienone is 1. The van der Waals surface area contributed by atoms with Crippen molar-refractivity contribution in [1.29, 1.82) is 0 Å². The van der Waals surface area contributed by atoms with Crippen molar-refractivity contribution < 1.29 is 9.84 Å². The van der Waals surface area contributed by atoms with Crippen LogP contribution in [-0.2, 0) is 0 Å². The third-order valence-electron chi connectivity index (χ3n) is 2.40. The number of ether oxygens (including phenoxy) is 1. The second kappa shape index (κ2) is 7.43. The van der Waals surface area contributed by atoms with Crippen molar-refractivity contribution in [3.63, 3.8) is 0 Å². The maximum atomic E-state index is 9.86. The Hall–Kier alpha value is -0.900. The van der Waals surface area contributed by atoms with Crippen LogP contribution < -0.4 is 10.5 Å². The van der Waals surface area contributed by atoms with Gasteiger partial charge >= 0.3 is 0 Å². The van der Waals surface area contributed by atoms with Gasteiger partial charge in [0.1, 0.15) is 11.5 Å². The maximum Gasteiger partial charge on any atom is 0.142 e. The van der Waals surface area contributed by atoms with Gasteiger partial charge in [-0.1, -0.05) is 17.7 Å². The van der Waals surface area contributed by atoms with E-state index in [4.69, 9.17) is 22.1 Å². The molecule has 5 heteroatoms. The third-order valence-corrected chi connectivity index (χ3v) is 2.71. The van der Waals surface area contributed by atoms with Crippen molar-refractivity contribution in [2.45, 2.75) is 18.9 Å². The minimum atomic E-state index is -0.313. The van der Waals surface area contributed by atoms with Gasteiger partial charge in [-0.2, -0.15) is 0 Å². The number of hydrogen-bond acceptors (Lipinski definition) is 3. The van der Waals surface area contributed by atoms with Crippen LogP contribution in [0.25, 0.3) is 0 Å². The van der Waals surface area contributed by atoms with Crippen molar-refractivity contribution in [3.8, 4) is 11.5 Å². The highest BCUT2D eigenvalue weighted by Crippen LogP contribution is 2.39. The molecular formula is C12H17Cl2NO2. The van der Waals surface area contributed by atoms with Crippen LogP contribution in [0.1, 0.15) is 24.4 Å². The Bertz CT molecular complexity index is 383. The fourth-order valence-electron chi connectivity index (χ4n) is 1.54. The summed E-state index contributed by atoms with van der Waals surface area (Å²) >= 11 is 5.84. The normalized spacial score (nSPS) is 11.5. The van der Waals surface area contributed by atoms with E-state index in [-0.39, 0.29) is 29.2 Å². The van der Waals surface area contributed by atoms with Gasteiger partial charge in [-0.15, -0.1) is 19.0 Å². The van der Waals surface area contributed by atoms with E-state index in [0.717, 1.165) is 6.42 Å². The Morgan fingerprint density at radius 1 is 1.59 bits per heavy atom. The van der Waals surface area contributed by atoms with Gasteiger partial charge in [0.05, 0.1) is 17.7 Å². The first-order valence-corrected chi connectivity index (χ1v) is 5.41. The predicted octanol–water partition coefficient (Wildman–Crippen LogP) is 3.44. The molecule has 0 aliphatic carbocycles. The van der Waals surface area contributed by atoms with E-state index in [1.807, 2.05) is 0 Å². The van der Waals surface area contributed by atoms with Gasteiger partial charge in [-0.25, -0.2) is 0 Å². The topological polar surface area (TPSA) is 55.5 Å². The lowest BCUT2D eigenvalue weighted by Crippen LogP contribution is -2.11. The van der Waals surface area contributed by atoms with Crippen LogP contribution in [0.3, 0.4) is 0 Å². The minimum absolute atomic E-state index is 0. The number of hydrogen-bond donors (Lipinski definition) is 2. The largest absolute Gasteiger partial charge is 0.506 e. The molecule has 0 aliphatic rings. The second-order valence-electron chi connectivity index (χ2n) is 3.48. The van der Waals surface area contributed by atoms with Gasteiger partial charge < -0.3 is 15.6 Å². The average molecular weight is 278 g/mol. The molecular weight excluding hydrogens is 261 g/mol. The lowest BCUT2D eigenvalue weighted by Gasteiger charge is -2.17. The van der Waals surface area contributed by atoms with Gasteiger partial charge in [0.25, 0.3) is 0 Å². The molecule has 0 saturated heterocycles. The highest BCUT2D eigenvalue weighted by atomic mass is 35.5. The molecule has 3 N–H and O–H groups in total. The zero-order valence-electron chi connectivity index (χ0n) is 9.65. The van der Waals surface area contributed by atoms with E-state index in [1.165, 1.54) is 7.11 Å². The van der Waals surface area contributed by atoms with Crippen LogP contribution >= 0.6 is 24.0 Å². The summed E-state index contributed by atoms with van der Waals surface area (Å²) in [5.41, 5.74) is 6.53. The van der Waals surface area contributed by atoms with E-state index >= 15 is 0 Å². The molecule has 1 aromatic carbocycles. The molecule has 0 unspecified atom stereocenters. The molecule has 0 heterocycles. The SMILES string of the molecule is C=CCC[C@H](N)c1c(OC)ccc(Cl)c1O.Cl. The van der Waals surface area contributed by atoms with Gasteiger partial charge in [0.2, 0.25) is 0 Å². The number of nitrogens with two attached hydrogens (primary N) is 1. The first kappa shape index (κ1) is 16.1. The highest BCUT2D eigenvalue weighted by Gasteiger charge is 2.18. The van der Waals surface area contributed by atoms with Gasteiger partial charge in [-0.05, 0) is 25.0 Å². The Morgan fingerprint density at radius 3 is 2.76 bits per heavy atom. The van der Waals surface area contributed by atoms with Crippen molar-refractivity contribution in [1.82, 2.24) is 0 Å². The average Bonchev–Trinajstić information content (AvgIpc) is 2.29. The molecule has 0 aliphatic heterocycles. The van der Waals surface area contributed by atoms with Gasteiger partial charge in [0.15, 0.2) is 0 Å². The number of rotatable bonds is 5. The van der Waals surface area contributed by atoms with Crippen LogP contribution in [0, 0.1) is 0 Å². The van der Waals surface area contributed by atoms with E-state index in [1.54, 1.807) is 18.2 Å². The monoisotopic (exact) mass is 277 g/mol. The second-order valence-corrected chi connectivity index (χ2v) is 3.89. The molecule has 0 fully saturated rings. The molecule has 1 aromatic rings. The maximum absolute atomic E-state index is 9.86. The molecule has 3 nitrogen and oxygen atoms in total. The molecule has 1 rings (SSSR count). The van der Waals surface area contributed by atoms with Crippen molar-refractivity contribution in [3.05, 3.63) is 35.4 Å². The summed E-state index contributed by atoms with van der Waals surface area (Å²) in [6.45, 7) is 3.63. The molecule has 96 valence electrons. The van der Waals surface area contributed by atoms with Crippen LogP contribution in [0.4, 0.5) is 0 Å². The molecule has 0 amide bonds. The lowest BCUT2D eigenvalue weighted by molar-refractivity contribution is 0.391. The molecule has 17 heavy (non-hydrogen) atoms. The molecule has 0 spiro atoms. The minimum Gasteiger partial charge on any atom is -0.506 e. The molecule has 0 radical (unpaired) electrons. The molecule has 0 saturated carbocycles. The first-order valence-electron chi connectivity index (χ1n) is 5.03. The van der Waals surface area contributed by atoms with E-state index in [9.17, 15) is 5.11 Å². The number of aromatic hydroxyl groups is 1. The summed E-state index contributed by atoms with van der Waals surface area (Å²) in [5.74, 6) is 0.552. The number of halogens is 2. The summed E-state index contributed by atoms with van der Waals surface area (Å²) in [5, 5.41) is 10.1. The quantitative estimate of drug-likeness (QED) is 0.811. The number of methoxy groups -OCH3 is 1. The zero-order valence-corrected chi connectivity index (χ0v) is 11.2. The predicted molar refractivity (Wildman–Crippen MR) is 73.3 cm³/mol. The van der Waals surface area contributed by atoms with E-state index < -0.39 is 0 Å². The zero-order chi connectivity index (χ0) is 12.1. The van der Waals surface area contributed by atoms with Crippen LogP contribution in [0.2, 0.25) is 5.02 Å². The van der Waals surface area contributed by atoms with E-state index in [0.29, 0.717) is 17.7 Å². The number of phenolic OH excluding ortho intramolecular Hbond substituents is 1. The molecule has 1 atom stereocenters. The summed E-state index contributed by atoms with van der Waals surface area (Å²) in [6.07, 6.45) is 3.25. The summed E-state index contributed by atoms with van der Waals surface area (Å²) in [4.78, 5) is 0. The number of benzene rings is 1. The lowest BCUT2D eigenvalue weighted by atomic mass is 10.0. The first-order chi connectivity index (χ1) is 7.61. The van der Waals surface area contributed by atoms with Crippen LogP contribution in [-0.4, -0.2) is 12.2 Å². The fourth-order valence-corrected chi connectivity index (χ4v) is 1.71. The van der Waals surface area contributed by atoms with Crippen LogP contribution in [0.15, 0.2) is 24.8 Å². The van der Waals surface area contributed by atoms with Crippen molar-refractivity contribution in [2.24, 2.45) is 5.73 Å². The summed E-state index contributed by atoms with van der Waals surface area (Å²) < 4.78 is 5.16. The molecule has 0 bridgehead atoms. The molecule has 0 aromatic heterocycles. The summed E-state index contributed by atoms with van der Waals surface area (Å²) in [6, 6.07) is 2.97. The van der Waals surface area contributed by atoms with Gasteiger partial charge in [0, 0.05) is 6.04 Å². The Morgan fingerprint density at radius 2 is 2.24 bits per heavy atom. The number of phenols is 1. The van der Waals surface area contributed by atoms with Crippen LogP contribution in [0.5, 0.6) is 11.5 Å². The Kier molecular flexibility index (Phi) is 7.04. The van der Waals surface area contributed by atoms with E-state index in [2.05, 4.69) is 6.58 Å². The van der Waals surface area contributed by atoms with Crippen molar-refractivity contribution >= 4 is 24.0 Å². The fraction of sp³-hybridized carbons (Fsp3) is 0.333. The van der Waals surface area contributed by atoms with Crippen molar-refractivity contribution in [2.75, 3.05) is 7.11 Å². The highest BCUT2D eigenvalue weighted by molar-refractivity contribution is 6.32. The van der Waals surface area contributed by atoms with Gasteiger partial charge in [-0.3, -0.25) is 0 Å². The Balaban J connectivity index is 0.00000256.